The van der Waals surface area contributed by atoms with Gasteiger partial charge in [-0.2, -0.15) is 0 Å². The summed E-state index contributed by atoms with van der Waals surface area (Å²) >= 11 is 0. The molecule has 0 spiro atoms. The molecule has 6 rings (SSSR count). The molecule has 1 N–H and O–H groups in total. The lowest BCUT2D eigenvalue weighted by atomic mass is 9.41. The van der Waals surface area contributed by atoms with Crippen LogP contribution in [-0.2, 0) is 19.1 Å². The molecule has 2 aliphatic carbocycles. The van der Waals surface area contributed by atoms with Crippen LogP contribution in [0.3, 0.4) is 0 Å². The van der Waals surface area contributed by atoms with E-state index in [1.807, 2.05) is 6.92 Å². The van der Waals surface area contributed by atoms with E-state index in [2.05, 4.69) is 42.6 Å². The highest BCUT2D eigenvalue weighted by molar-refractivity contribution is 5.70. The van der Waals surface area contributed by atoms with Crippen LogP contribution in [0, 0.1) is 28.6 Å². The quantitative estimate of drug-likeness (QED) is 0.435. The summed E-state index contributed by atoms with van der Waals surface area (Å²) in [5.41, 5.74) is -2.19. The summed E-state index contributed by atoms with van der Waals surface area (Å²) in [6.07, 6.45) is 3.54. The lowest BCUT2D eigenvalue weighted by Gasteiger charge is -2.66. The van der Waals surface area contributed by atoms with E-state index in [-0.39, 0.29) is 53.9 Å². The molecular formula is C36H49N3O8. The molecule has 2 aromatic heterocycles. The van der Waals surface area contributed by atoms with Crippen molar-refractivity contribution in [3.05, 3.63) is 46.6 Å². The molecule has 3 fully saturated rings. The fraction of sp³-hybridized carbons (Fsp3) is 0.667. The van der Waals surface area contributed by atoms with Gasteiger partial charge in [0.25, 0.3) is 0 Å². The van der Waals surface area contributed by atoms with E-state index in [9.17, 15) is 19.5 Å². The summed E-state index contributed by atoms with van der Waals surface area (Å²) in [6, 6.07) is 5.16. The van der Waals surface area contributed by atoms with Crippen molar-refractivity contribution < 1.29 is 33.3 Å². The average Bonchev–Trinajstić information content (AvgIpc) is 3.03. The van der Waals surface area contributed by atoms with Gasteiger partial charge in [-0.05, 0) is 62.6 Å². The lowest BCUT2D eigenvalue weighted by molar-refractivity contribution is -0.262. The van der Waals surface area contributed by atoms with Gasteiger partial charge in [-0.3, -0.25) is 14.6 Å². The average molecular weight is 652 g/mol. The van der Waals surface area contributed by atoms with Crippen molar-refractivity contribution in [3.63, 3.8) is 0 Å². The number of pyridine rings is 1. The number of hydrogen-bond donors (Lipinski definition) is 1. The van der Waals surface area contributed by atoms with E-state index < -0.39 is 40.2 Å². The third-order valence-electron chi connectivity index (χ3n) is 12.2. The minimum absolute atomic E-state index is 0.0717. The Bertz CT molecular complexity index is 1540. The van der Waals surface area contributed by atoms with Gasteiger partial charge in [0.15, 0.2) is 0 Å². The third kappa shape index (κ3) is 5.99. The number of hydrogen-bond acceptors (Lipinski definition) is 11. The van der Waals surface area contributed by atoms with Crippen LogP contribution in [0.1, 0.15) is 72.0 Å². The Morgan fingerprint density at radius 1 is 1.17 bits per heavy atom. The number of likely N-dealkylation sites (N-methyl/N-ethyl adjacent to an activating group) is 1. The zero-order valence-corrected chi connectivity index (χ0v) is 28.5. The number of carbonyl (C=O) groups is 2. The van der Waals surface area contributed by atoms with Gasteiger partial charge < -0.3 is 33.5 Å². The first-order chi connectivity index (χ1) is 22.3. The molecule has 4 heterocycles. The van der Waals surface area contributed by atoms with Crippen LogP contribution in [0.15, 0.2) is 39.8 Å². The van der Waals surface area contributed by atoms with Crippen LogP contribution in [0.5, 0.6) is 5.75 Å². The number of aliphatic hydroxyl groups excluding tert-OH is 1. The number of carbonyl (C=O) groups excluding carboxylic acids is 2. The standard InChI is InChI=1S/C36H49N3O8/c1-22-9-11-34(3)27(35(22,4)21-44-23(2)40)19-28(46-29(41)10-13-39-16-14-38(6)15-17-39)36(5)32(34)31(42)30-26(47-36)18-25(45-33(30)43)24-8-7-12-37-20-24/h7-8,12,18,20,22,27-28,31-32,42H,9-11,13-17,19,21H2,1-6H3/t22-,27?,28-,31-,32?,34-,35+,36+/m0/s1. The highest BCUT2D eigenvalue weighted by Gasteiger charge is 2.70. The van der Waals surface area contributed by atoms with Crippen molar-refractivity contribution in [1.29, 1.82) is 0 Å². The van der Waals surface area contributed by atoms with Gasteiger partial charge in [-0.25, -0.2) is 4.79 Å². The van der Waals surface area contributed by atoms with Gasteiger partial charge in [0, 0.05) is 75.0 Å². The first kappa shape index (κ1) is 33.6. The van der Waals surface area contributed by atoms with Crippen molar-refractivity contribution in [3.8, 4) is 17.1 Å². The Morgan fingerprint density at radius 3 is 2.60 bits per heavy atom. The maximum absolute atomic E-state index is 13.6. The molecule has 2 unspecified atom stereocenters. The summed E-state index contributed by atoms with van der Waals surface area (Å²) in [5, 5.41) is 12.3. The Labute approximate surface area is 276 Å². The number of aromatic nitrogens is 1. The normalized spacial score (nSPS) is 35.5. The smallest absolute Gasteiger partial charge is 0.345 e. The molecule has 4 aliphatic rings. The summed E-state index contributed by atoms with van der Waals surface area (Å²) in [5.74, 6) is -0.721. The largest absolute Gasteiger partial charge is 0.482 e. The second-order valence-corrected chi connectivity index (χ2v) is 15.0. The number of ether oxygens (including phenoxy) is 3. The topological polar surface area (TPSA) is 132 Å². The Hall–Kier alpha value is -3.28. The van der Waals surface area contributed by atoms with Crippen LogP contribution in [0.4, 0.5) is 0 Å². The third-order valence-corrected chi connectivity index (χ3v) is 12.2. The van der Waals surface area contributed by atoms with E-state index in [0.717, 1.165) is 39.0 Å². The molecule has 2 aromatic rings. The number of fused-ring (bicyclic) bond motifs is 4. The SMILES string of the molecule is CC(=O)OC[C@@]1(C)C2C[C@H](OC(=O)CCN3CCN(C)CC3)[C@@]3(C)Oc4cc(-c5cccnc5)oc(=O)c4[C@H](O)C3[C@@]2(C)CC[C@@H]1C. The van der Waals surface area contributed by atoms with Crippen LogP contribution >= 0.6 is 0 Å². The predicted octanol–water partition coefficient (Wildman–Crippen LogP) is 4.08. The first-order valence-corrected chi connectivity index (χ1v) is 17.0. The van der Waals surface area contributed by atoms with Gasteiger partial charge in [0.05, 0.1) is 19.1 Å². The number of esters is 2. The van der Waals surface area contributed by atoms with E-state index >= 15 is 0 Å². The van der Waals surface area contributed by atoms with Crippen molar-refractivity contribution in [1.82, 2.24) is 14.8 Å². The molecule has 2 aliphatic heterocycles. The molecule has 1 saturated heterocycles. The Balaban J connectivity index is 1.39. The Kier molecular flexibility index (Phi) is 9.04. The van der Waals surface area contributed by atoms with Gasteiger partial charge in [-0.1, -0.05) is 20.8 Å². The zero-order valence-electron chi connectivity index (χ0n) is 28.5. The number of nitrogens with zero attached hydrogens (tertiary/aromatic N) is 3. The summed E-state index contributed by atoms with van der Waals surface area (Å²) in [4.78, 5) is 48.0. The fourth-order valence-corrected chi connectivity index (χ4v) is 9.24. The van der Waals surface area contributed by atoms with E-state index in [0.29, 0.717) is 18.5 Å². The molecule has 256 valence electrons. The molecule has 11 heteroatoms. The van der Waals surface area contributed by atoms with Gasteiger partial charge >= 0.3 is 17.6 Å². The highest BCUT2D eigenvalue weighted by atomic mass is 16.6. The van der Waals surface area contributed by atoms with Crippen LogP contribution in [0.25, 0.3) is 11.3 Å². The first-order valence-electron chi connectivity index (χ1n) is 17.0. The molecule has 8 atom stereocenters. The molecule has 47 heavy (non-hydrogen) atoms. The summed E-state index contributed by atoms with van der Waals surface area (Å²) in [7, 11) is 2.10. The highest BCUT2D eigenvalue weighted by Crippen LogP contribution is 2.68. The van der Waals surface area contributed by atoms with Gasteiger partial charge in [0.2, 0.25) is 0 Å². The molecule has 0 aromatic carbocycles. The van der Waals surface area contributed by atoms with E-state index in [1.54, 1.807) is 30.6 Å². The van der Waals surface area contributed by atoms with Crippen molar-refractivity contribution in [2.24, 2.45) is 28.6 Å². The number of aliphatic hydroxyl groups is 1. The molecule has 0 radical (unpaired) electrons. The maximum Gasteiger partial charge on any atom is 0.345 e. The summed E-state index contributed by atoms with van der Waals surface area (Å²) in [6.45, 7) is 14.3. The zero-order chi connectivity index (χ0) is 33.7. The second-order valence-electron chi connectivity index (χ2n) is 15.0. The maximum atomic E-state index is 13.6. The van der Waals surface area contributed by atoms with Crippen LogP contribution in [-0.4, -0.2) is 89.9 Å². The van der Waals surface area contributed by atoms with Crippen LogP contribution < -0.4 is 10.4 Å². The molecule has 11 nitrogen and oxygen atoms in total. The van der Waals surface area contributed by atoms with E-state index in [1.165, 1.54) is 6.92 Å². The minimum Gasteiger partial charge on any atom is -0.482 e. The molecule has 0 bridgehead atoms. The Morgan fingerprint density at radius 2 is 1.91 bits per heavy atom. The van der Waals surface area contributed by atoms with Crippen molar-refractivity contribution >= 4 is 11.9 Å². The predicted molar refractivity (Wildman–Crippen MR) is 173 cm³/mol. The number of piperazine rings is 1. The van der Waals surface area contributed by atoms with Gasteiger partial charge in [0.1, 0.15) is 28.8 Å². The van der Waals surface area contributed by atoms with Crippen molar-refractivity contribution in [2.45, 2.75) is 78.1 Å². The van der Waals surface area contributed by atoms with E-state index in [4.69, 9.17) is 18.6 Å². The number of rotatable bonds is 7. The molecule has 2 saturated carbocycles. The molecular weight excluding hydrogens is 602 g/mol. The fourth-order valence-electron chi connectivity index (χ4n) is 9.24. The monoisotopic (exact) mass is 651 g/mol. The van der Waals surface area contributed by atoms with Gasteiger partial charge in [-0.15, -0.1) is 0 Å². The second kappa shape index (κ2) is 12.6. The summed E-state index contributed by atoms with van der Waals surface area (Å²) < 4.78 is 24.7. The molecule has 0 amide bonds. The minimum atomic E-state index is -1.24. The lowest BCUT2D eigenvalue weighted by Crippen LogP contribution is -2.70. The van der Waals surface area contributed by atoms with Crippen molar-refractivity contribution in [2.75, 3.05) is 46.4 Å². The van der Waals surface area contributed by atoms with Crippen LogP contribution in [0.2, 0.25) is 0 Å².